The van der Waals surface area contributed by atoms with Crippen LogP contribution in [0.2, 0.25) is 0 Å². The standard InChI is InChI=1S/C20H19F5N8O/c21-14(22)11-33-16-12(8-28-33)7-27-18(30-16)31-4-1-19(2-5-31)3-6-32(17(19)34)15-10-26-9-13(29-15)20(23,24)25/h7-10,14H,1-6,11H2. The number of nitrogens with zero attached hydrogens (tertiary/aromatic N) is 8. The maximum atomic E-state index is 13.2. The maximum absolute atomic E-state index is 13.2. The Kier molecular flexibility index (Phi) is 5.32. The molecule has 3 aromatic heterocycles. The fraction of sp³-hybridized carbons (Fsp3) is 0.500. The minimum Gasteiger partial charge on any atom is -0.341 e. The highest BCUT2D eigenvalue weighted by atomic mass is 19.4. The number of hydrogen-bond donors (Lipinski definition) is 0. The summed E-state index contributed by atoms with van der Waals surface area (Å²) in [6.45, 7) is 0.542. The lowest BCUT2D eigenvalue weighted by molar-refractivity contribution is -0.141. The van der Waals surface area contributed by atoms with E-state index in [1.54, 1.807) is 0 Å². The average molecular weight is 482 g/mol. The van der Waals surface area contributed by atoms with Crippen LogP contribution in [0.3, 0.4) is 0 Å². The number of rotatable bonds is 4. The molecule has 0 saturated carbocycles. The van der Waals surface area contributed by atoms with Gasteiger partial charge >= 0.3 is 6.18 Å². The Morgan fingerprint density at radius 3 is 2.44 bits per heavy atom. The summed E-state index contributed by atoms with van der Waals surface area (Å²) in [5.41, 5.74) is -1.56. The third-order valence-electron chi connectivity index (χ3n) is 6.38. The summed E-state index contributed by atoms with van der Waals surface area (Å²) in [6, 6.07) is 0. The largest absolute Gasteiger partial charge is 0.434 e. The minimum absolute atomic E-state index is 0.111. The number of halogens is 5. The molecule has 0 bridgehead atoms. The smallest absolute Gasteiger partial charge is 0.341 e. The van der Waals surface area contributed by atoms with Gasteiger partial charge < -0.3 is 4.90 Å². The monoisotopic (exact) mass is 482 g/mol. The predicted molar refractivity (Wildman–Crippen MR) is 109 cm³/mol. The molecular formula is C20H19F5N8O. The number of carbonyl (C=O) groups excluding carboxylic acids is 1. The van der Waals surface area contributed by atoms with E-state index in [1.165, 1.54) is 17.3 Å². The number of fused-ring (bicyclic) bond motifs is 1. The van der Waals surface area contributed by atoms with Crippen molar-refractivity contribution in [2.45, 2.75) is 38.4 Å². The summed E-state index contributed by atoms with van der Waals surface area (Å²) < 4.78 is 65.8. The Hall–Kier alpha value is -3.45. The van der Waals surface area contributed by atoms with Crippen molar-refractivity contribution in [1.29, 1.82) is 0 Å². The van der Waals surface area contributed by atoms with Gasteiger partial charge in [-0.3, -0.25) is 14.7 Å². The van der Waals surface area contributed by atoms with Gasteiger partial charge in [-0.1, -0.05) is 0 Å². The normalized spacial score (nSPS) is 18.6. The van der Waals surface area contributed by atoms with Crippen LogP contribution in [0.4, 0.5) is 33.7 Å². The molecule has 0 atom stereocenters. The van der Waals surface area contributed by atoms with Gasteiger partial charge in [0.15, 0.2) is 17.2 Å². The number of carbonyl (C=O) groups is 1. The minimum atomic E-state index is -4.65. The van der Waals surface area contributed by atoms with E-state index in [0.29, 0.717) is 55.5 Å². The first-order valence-corrected chi connectivity index (χ1v) is 10.6. The van der Waals surface area contributed by atoms with E-state index in [4.69, 9.17) is 0 Å². The van der Waals surface area contributed by atoms with Crippen LogP contribution in [0, 0.1) is 5.41 Å². The summed E-state index contributed by atoms with van der Waals surface area (Å²) in [5, 5.41) is 4.48. The van der Waals surface area contributed by atoms with Gasteiger partial charge in [-0.2, -0.15) is 23.3 Å². The van der Waals surface area contributed by atoms with E-state index in [-0.39, 0.29) is 18.3 Å². The average Bonchev–Trinajstić information content (AvgIpc) is 3.34. The zero-order chi connectivity index (χ0) is 24.1. The molecule has 2 aliphatic heterocycles. The molecule has 0 N–H and O–H groups in total. The molecule has 0 radical (unpaired) electrons. The number of alkyl halides is 5. The van der Waals surface area contributed by atoms with Crippen molar-refractivity contribution in [3.05, 3.63) is 30.5 Å². The Labute approximate surface area is 189 Å². The van der Waals surface area contributed by atoms with E-state index >= 15 is 0 Å². The third kappa shape index (κ3) is 3.90. The van der Waals surface area contributed by atoms with Crippen LogP contribution >= 0.6 is 0 Å². The van der Waals surface area contributed by atoms with Crippen molar-refractivity contribution in [3.63, 3.8) is 0 Å². The molecular weight excluding hydrogens is 463 g/mol. The lowest BCUT2D eigenvalue weighted by Crippen LogP contribution is -2.45. The zero-order valence-electron chi connectivity index (χ0n) is 17.7. The van der Waals surface area contributed by atoms with E-state index in [2.05, 4.69) is 25.0 Å². The molecule has 180 valence electrons. The lowest BCUT2D eigenvalue weighted by atomic mass is 9.77. The second-order valence-corrected chi connectivity index (χ2v) is 8.40. The van der Waals surface area contributed by atoms with Gasteiger partial charge in [0.25, 0.3) is 6.43 Å². The molecule has 1 amide bonds. The molecule has 5 rings (SSSR count). The van der Waals surface area contributed by atoms with Gasteiger partial charge in [-0.15, -0.1) is 0 Å². The van der Waals surface area contributed by atoms with Crippen LogP contribution in [0.15, 0.2) is 24.8 Å². The second kappa shape index (κ2) is 8.09. The molecule has 5 heterocycles. The van der Waals surface area contributed by atoms with Gasteiger partial charge in [0.05, 0.1) is 29.4 Å². The van der Waals surface area contributed by atoms with Crippen molar-refractivity contribution < 1.29 is 26.7 Å². The molecule has 0 aromatic carbocycles. The Morgan fingerprint density at radius 2 is 1.74 bits per heavy atom. The highest BCUT2D eigenvalue weighted by molar-refractivity contribution is 5.99. The van der Waals surface area contributed by atoms with Crippen molar-refractivity contribution in [2.75, 3.05) is 29.4 Å². The first-order chi connectivity index (χ1) is 16.2. The van der Waals surface area contributed by atoms with Crippen LogP contribution < -0.4 is 9.80 Å². The molecule has 3 aromatic rings. The third-order valence-corrected chi connectivity index (χ3v) is 6.38. The van der Waals surface area contributed by atoms with Crippen LogP contribution in [-0.2, 0) is 17.5 Å². The topological polar surface area (TPSA) is 92.9 Å². The van der Waals surface area contributed by atoms with Crippen LogP contribution in [0.25, 0.3) is 11.0 Å². The first-order valence-electron chi connectivity index (χ1n) is 10.6. The molecule has 2 saturated heterocycles. The van der Waals surface area contributed by atoms with Crippen molar-refractivity contribution in [2.24, 2.45) is 5.41 Å². The van der Waals surface area contributed by atoms with Crippen LogP contribution in [0.5, 0.6) is 0 Å². The van der Waals surface area contributed by atoms with Gasteiger partial charge in [0.1, 0.15) is 6.54 Å². The van der Waals surface area contributed by atoms with Crippen molar-refractivity contribution in [3.8, 4) is 0 Å². The fourth-order valence-electron chi connectivity index (χ4n) is 4.53. The maximum Gasteiger partial charge on any atom is 0.434 e. The summed E-state index contributed by atoms with van der Waals surface area (Å²) in [4.78, 5) is 32.3. The number of anilines is 2. The quantitative estimate of drug-likeness (QED) is 0.528. The van der Waals surface area contributed by atoms with Crippen LogP contribution in [-0.4, -0.2) is 61.7 Å². The summed E-state index contributed by atoms with van der Waals surface area (Å²) in [7, 11) is 0. The van der Waals surface area contributed by atoms with Gasteiger partial charge in [-0.25, -0.2) is 23.4 Å². The molecule has 9 nitrogen and oxygen atoms in total. The molecule has 14 heteroatoms. The molecule has 1 spiro atoms. The fourth-order valence-corrected chi connectivity index (χ4v) is 4.53. The Bertz CT molecular complexity index is 1220. The van der Waals surface area contributed by atoms with Gasteiger partial charge in [-0.05, 0) is 19.3 Å². The number of aromatic nitrogens is 6. The van der Waals surface area contributed by atoms with E-state index in [1.807, 2.05) is 4.90 Å². The summed E-state index contributed by atoms with van der Waals surface area (Å²) in [6.07, 6.45) is -1.11. The molecule has 0 aliphatic carbocycles. The van der Waals surface area contributed by atoms with E-state index in [9.17, 15) is 26.7 Å². The predicted octanol–water partition coefficient (Wildman–Crippen LogP) is 2.92. The summed E-state index contributed by atoms with van der Waals surface area (Å²) >= 11 is 0. The highest BCUT2D eigenvalue weighted by Gasteiger charge is 2.49. The second-order valence-electron chi connectivity index (χ2n) is 8.40. The number of amides is 1. The van der Waals surface area contributed by atoms with Crippen LogP contribution in [0.1, 0.15) is 25.0 Å². The first kappa shape index (κ1) is 22.3. The highest BCUT2D eigenvalue weighted by Crippen LogP contribution is 2.43. The zero-order valence-corrected chi connectivity index (χ0v) is 17.7. The van der Waals surface area contributed by atoms with Gasteiger partial charge in [0, 0.05) is 25.8 Å². The lowest BCUT2D eigenvalue weighted by Gasteiger charge is -2.37. The number of hydrogen-bond acceptors (Lipinski definition) is 7. The molecule has 2 aliphatic rings. The van der Waals surface area contributed by atoms with Crippen molar-refractivity contribution in [1.82, 2.24) is 29.7 Å². The SMILES string of the molecule is O=C1N(c2cncc(C(F)(F)F)n2)CCC12CCN(c1ncc3cnn(CC(F)F)c3n1)CC2. The number of piperidine rings is 1. The Balaban J connectivity index is 1.31. The molecule has 34 heavy (non-hydrogen) atoms. The van der Waals surface area contributed by atoms with Gasteiger partial charge in [0.2, 0.25) is 11.9 Å². The Morgan fingerprint density at radius 1 is 1.00 bits per heavy atom. The molecule has 2 fully saturated rings. The molecule has 0 unspecified atom stereocenters. The summed E-state index contributed by atoms with van der Waals surface area (Å²) in [5.74, 6) is -0.0308. The van der Waals surface area contributed by atoms with E-state index in [0.717, 1.165) is 10.9 Å². The van der Waals surface area contributed by atoms with E-state index < -0.39 is 30.3 Å². The van der Waals surface area contributed by atoms with Crippen molar-refractivity contribution >= 4 is 28.7 Å².